The zero-order chi connectivity index (χ0) is 15.3. The van der Waals surface area contributed by atoms with Gasteiger partial charge in [0, 0.05) is 0 Å². The highest BCUT2D eigenvalue weighted by Gasteiger charge is 2.39. The lowest BCUT2D eigenvalue weighted by molar-refractivity contribution is 0.218. The molecule has 0 bridgehead atoms. The fourth-order valence-electron chi connectivity index (χ4n) is 3.39. The lowest BCUT2D eigenvalue weighted by atomic mass is 10.3. The molecule has 0 aliphatic carbocycles. The average molecular weight is 284 g/mol. The lowest BCUT2D eigenvalue weighted by Gasteiger charge is -2.45. The molecule has 0 saturated carbocycles. The van der Waals surface area contributed by atoms with Crippen LogP contribution in [0.25, 0.3) is 0 Å². The van der Waals surface area contributed by atoms with Gasteiger partial charge < -0.3 is 7.77 Å². The van der Waals surface area contributed by atoms with E-state index in [4.69, 9.17) is 0 Å². The van der Waals surface area contributed by atoms with E-state index in [0.29, 0.717) is 24.2 Å². The standard InChI is InChI=1S/2C6H14N.C4H9.Al/c2*1-5(2)7-6(3)4;1-4(2)3;/h2*5-6H,1-4H3;4H,1H2,2-3H3;/q2*-1;;+2. The van der Waals surface area contributed by atoms with Crippen molar-refractivity contribution in [2.45, 2.75) is 98.7 Å². The van der Waals surface area contributed by atoms with Crippen molar-refractivity contribution in [3.8, 4) is 0 Å². The van der Waals surface area contributed by atoms with Gasteiger partial charge in [0.1, 0.15) is 0 Å². The first-order chi connectivity index (χ1) is 8.59. The van der Waals surface area contributed by atoms with E-state index in [0.717, 1.165) is 5.92 Å². The molecule has 0 saturated heterocycles. The Hall–Kier alpha value is 0.452. The highest BCUT2D eigenvalue weighted by molar-refractivity contribution is 6.53. The molecule has 0 spiro atoms. The molecule has 0 aromatic rings. The summed E-state index contributed by atoms with van der Waals surface area (Å²) in [6.07, 6.45) is 0. The van der Waals surface area contributed by atoms with E-state index in [-0.39, 0.29) is 0 Å². The summed E-state index contributed by atoms with van der Waals surface area (Å²) < 4.78 is 5.64. The van der Waals surface area contributed by atoms with E-state index >= 15 is 0 Å². The summed E-state index contributed by atoms with van der Waals surface area (Å²) in [5.74, 6) is 0.789. The summed E-state index contributed by atoms with van der Waals surface area (Å²) in [6, 6.07) is 2.59. The summed E-state index contributed by atoms with van der Waals surface area (Å²) in [7, 11) is 0. The quantitative estimate of drug-likeness (QED) is 0.611. The molecule has 0 unspecified atom stereocenters. The Morgan fingerprint density at radius 3 is 1.00 bits per heavy atom. The first kappa shape index (κ1) is 19.5. The van der Waals surface area contributed by atoms with E-state index in [1.54, 1.807) is 0 Å². The van der Waals surface area contributed by atoms with E-state index < -0.39 is 14.6 Å². The summed E-state index contributed by atoms with van der Waals surface area (Å²) >= 11 is -1.09. The molecule has 0 radical (unpaired) electrons. The van der Waals surface area contributed by atoms with E-state index in [1.165, 1.54) is 5.28 Å². The number of nitrogens with zero attached hydrogens (tertiary/aromatic N) is 2. The minimum absolute atomic E-state index is 0.649. The third kappa shape index (κ3) is 6.17. The lowest BCUT2D eigenvalue weighted by Crippen LogP contribution is -2.61. The fraction of sp³-hybridized carbons (Fsp3) is 1.00. The molecular weight excluding hydrogens is 247 g/mol. The molecule has 0 aliphatic heterocycles. The summed E-state index contributed by atoms with van der Waals surface area (Å²) in [6.45, 7) is 23.6. The Kier molecular flexibility index (Phi) is 8.88. The third-order valence-electron chi connectivity index (χ3n) is 3.76. The molecule has 0 fully saturated rings. The summed E-state index contributed by atoms with van der Waals surface area (Å²) in [5, 5.41) is 1.38. The predicted molar refractivity (Wildman–Crippen MR) is 89.6 cm³/mol. The molecule has 0 N–H and O–H groups in total. The van der Waals surface area contributed by atoms with Gasteiger partial charge in [-0.1, -0.05) is 80.4 Å². The molecular formula is C16H37AlN2. The predicted octanol–water partition coefficient (Wildman–Crippen LogP) is 4.37. The van der Waals surface area contributed by atoms with Crippen molar-refractivity contribution in [1.82, 2.24) is 7.77 Å². The second-order valence-corrected chi connectivity index (χ2v) is 10.0. The van der Waals surface area contributed by atoms with Crippen LogP contribution in [0.1, 0.15) is 69.2 Å². The normalized spacial score (nSPS) is 13.1. The molecule has 0 rings (SSSR count). The van der Waals surface area contributed by atoms with E-state index in [2.05, 4.69) is 77.0 Å². The van der Waals surface area contributed by atoms with Crippen molar-refractivity contribution < 1.29 is 0 Å². The van der Waals surface area contributed by atoms with Crippen LogP contribution in [0.4, 0.5) is 0 Å². The molecule has 0 aromatic heterocycles. The molecule has 0 amide bonds. The largest absolute Gasteiger partial charge is 0.489 e. The van der Waals surface area contributed by atoms with Gasteiger partial charge >= 0.3 is 14.6 Å². The fourth-order valence-corrected chi connectivity index (χ4v) is 7.78. The zero-order valence-electron chi connectivity index (χ0n) is 15.1. The third-order valence-corrected chi connectivity index (χ3v) is 8.88. The van der Waals surface area contributed by atoms with Gasteiger partial charge in [-0.05, 0) is 24.2 Å². The maximum Gasteiger partial charge on any atom is 0.489 e. The van der Waals surface area contributed by atoms with Crippen LogP contribution in [0.2, 0.25) is 5.28 Å². The topological polar surface area (TPSA) is 6.48 Å². The van der Waals surface area contributed by atoms with Gasteiger partial charge in [0.2, 0.25) is 0 Å². The maximum absolute atomic E-state index is 2.82. The second-order valence-electron chi connectivity index (χ2n) is 7.38. The van der Waals surface area contributed by atoms with Gasteiger partial charge in [0.15, 0.2) is 0 Å². The average Bonchev–Trinajstić information content (AvgIpc) is 2.12. The van der Waals surface area contributed by atoms with Gasteiger partial charge in [-0.15, -0.1) is 0 Å². The number of hydrogen-bond acceptors (Lipinski definition) is 2. The van der Waals surface area contributed by atoms with Crippen LogP contribution in [0, 0.1) is 5.92 Å². The van der Waals surface area contributed by atoms with Crippen LogP contribution in [-0.4, -0.2) is 46.5 Å². The monoisotopic (exact) mass is 284 g/mol. The van der Waals surface area contributed by atoms with E-state index in [9.17, 15) is 0 Å². The molecule has 19 heavy (non-hydrogen) atoms. The summed E-state index contributed by atoms with van der Waals surface area (Å²) in [4.78, 5) is 0. The van der Waals surface area contributed by atoms with Crippen LogP contribution in [0.3, 0.4) is 0 Å². The van der Waals surface area contributed by atoms with Gasteiger partial charge in [0.25, 0.3) is 0 Å². The van der Waals surface area contributed by atoms with Crippen LogP contribution in [0.5, 0.6) is 0 Å². The number of rotatable bonds is 8. The molecule has 0 aromatic carbocycles. The smallest absolute Gasteiger partial charge is 0.367 e. The maximum atomic E-state index is 2.82. The Morgan fingerprint density at radius 1 is 0.579 bits per heavy atom. The molecule has 2 nitrogen and oxygen atoms in total. The van der Waals surface area contributed by atoms with Gasteiger partial charge in [-0.3, -0.25) is 0 Å². The van der Waals surface area contributed by atoms with Crippen molar-refractivity contribution in [3.05, 3.63) is 0 Å². The SMILES string of the molecule is CC(C)[CH2][Al]([N](C(C)C)C(C)C)[N](C(C)C)C(C)C. The van der Waals surface area contributed by atoms with Crippen molar-refractivity contribution in [3.63, 3.8) is 0 Å². The minimum atomic E-state index is -1.09. The molecule has 0 aliphatic rings. The van der Waals surface area contributed by atoms with Crippen molar-refractivity contribution in [2.75, 3.05) is 0 Å². The van der Waals surface area contributed by atoms with Gasteiger partial charge in [-0.2, -0.15) is 0 Å². The second kappa shape index (κ2) is 8.68. The molecule has 0 atom stereocenters. The molecule has 0 heterocycles. The van der Waals surface area contributed by atoms with E-state index in [1.807, 2.05) is 0 Å². The van der Waals surface area contributed by atoms with Crippen LogP contribution >= 0.6 is 0 Å². The highest BCUT2D eigenvalue weighted by Crippen LogP contribution is 2.22. The Balaban J connectivity index is 5.36. The Labute approximate surface area is 127 Å². The first-order valence-electron chi connectivity index (χ1n) is 8.14. The minimum Gasteiger partial charge on any atom is -0.367 e. The van der Waals surface area contributed by atoms with Crippen LogP contribution in [0.15, 0.2) is 0 Å². The van der Waals surface area contributed by atoms with Crippen LogP contribution in [-0.2, 0) is 0 Å². The Bertz CT molecular complexity index is 201. The van der Waals surface area contributed by atoms with Crippen molar-refractivity contribution in [1.29, 1.82) is 0 Å². The van der Waals surface area contributed by atoms with Crippen LogP contribution < -0.4 is 0 Å². The first-order valence-corrected chi connectivity index (χ1v) is 9.99. The molecule has 3 heteroatoms. The van der Waals surface area contributed by atoms with Crippen molar-refractivity contribution >= 4 is 14.6 Å². The summed E-state index contributed by atoms with van der Waals surface area (Å²) in [5.41, 5.74) is 0. The Morgan fingerprint density at radius 2 is 0.842 bits per heavy atom. The highest BCUT2D eigenvalue weighted by atomic mass is 27.2. The van der Waals surface area contributed by atoms with Gasteiger partial charge in [0.05, 0.1) is 0 Å². The van der Waals surface area contributed by atoms with Gasteiger partial charge in [-0.25, -0.2) is 0 Å². The zero-order valence-corrected chi connectivity index (χ0v) is 16.2. The number of hydrogen-bond donors (Lipinski definition) is 0. The van der Waals surface area contributed by atoms with Crippen molar-refractivity contribution in [2.24, 2.45) is 5.92 Å². The molecule has 114 valence electrons.